The minimum atomic E-state index is 0.471. The first-order valence-corrected chi connectivity index (χ1v) is 7.74. The van der Waals surface area contributed by atoms with E-state index in [1.165, 1.54) is 30.4 Å². The molecule has 1 heterocycles. The van der Waals surface area contributed by atoms with Crippen molar-refractivity contribution >= 4 is 0 Å². The normalized spacial score (nSPS) is 23.5. The molecule has 1 N–H and O–H groups in total. The second-order valence-corrected chi connectivity index (χ2v) is 5.55. The monoisotopic (exact) mass is 261 g/mol. The molecule has 1 fully saturated rings. The summed E-state index contributed by atoms with van der Waals surface area (Å²) < 4.78 is 5.79. The van der Waals surface area contributed by atoms with E-state index in [-0.39, 0.29) is 0 Å². The average Bonchev–Trinajstić information content (AvgIpc) is 2.46. The topological polar surface area (TPSA) is 21.3 Å². The van der Waals surface area contributed by atoms with Crippen LogP contribution < -0.4 is 5.32 Å². The number of hydrogen-bond donors (Lipinski definition) is 1. The second-order valence-electron chi connectivity index (χ2n) is 5.55. The molecule has 1 aromatic rings. The van der Waals surface area contributed by atoms with Crippen molar-refractivity contribution in [2.45, 2.75) is 64.6 Å². The van der Waals surface area contributed by atoms with Crippen LogP contribution in [0.15, 0.2) is 24.3 Å². The molecule has 106 valence electrons. The lowest BCUT2D eigenvalue weighted by molar-refractivity contribution is -0.00342. The summed E-state index contributed by atoms with van der Waals surface area (Å²) in [5, 5.41) is 3.68. The molecule has 1 aliphatic rings. The predicted octanol–water partition coefficient (Wildman–Crippen LogP) is 3.69. The van der Waals surface area contributed by atoms with Crippen molar-refractivity contribution in [2.24, 2.45) is 0 Å². The van der Waals surface area contributed by atoms with E-state index >= 15 is 0 Å². The van der Waals surface area contributed by atoms with Gasteiger partial charge in [0.15, 0.2) is 0 Å². The molecule has 0 saturated carbocycles. The molecule has 1 aromatic carbocycles. The zero-order valence-corrected chi connectivity index (χ0v) is 12.3. The fourth-order valence-corrected chi connectivity index (χ4v) is 2.74. The van der Waals surface area contributed by atoms with Crippen LogP contribution in [0.1, 0.15) is 50.7 Å². The van der Waals surface area contributed by atoms with Crippen LogP contribution in [0.2, 0.25) is 0 Å². The largest absolute Gasteiger partial charge is 0.378 e. The quantitative estimate of drug-likeness (QED) is 0.843. The van der Waals surface area contributed by atoms with Crippen molar-refractivity contribution in [3.8, 4) is 0 Å². The molecule has 0 spiro atoms. The third-order valence-electron chi connectivity index (χ3n) is 4.00. The molecule has 19 heavy (non-hydrogen) atoms. The van der Waals surface area contributed by atoms with Gasteiger partial charge in [0.25, 0.3) is 0 Å². The molecule has 0 radical (unpaired) electrons. The van der Waals surface area contributed by atoms with Crippen molar-refractivity contribution in [3.05, 3.63) is 35.4 Å². The van der Waals surface area contributed by atoms with Crippen molar-refractivity contribution in [2.75, 3.05) is 6.61 Å². The lowest BCUT2D eigenvalue weighted by Crippen LogP contribution is -2.38. The first-order chi connectivity index (χ1) is 9.31. The van der Waals surface area contributed by atoms with Gasteiger partial charge in [0, 0.05) is 19.2 Å². The van der Waals surface area contributed by atoms with Crippen LogP contribution >= 0.6 is 0 Å². The van der Waals surface area contributed by atoms with Gasteiger partial charge < -0.3 is 10.1 Å². The molecule has 2 atom stereocenters. The Morgan fingerprint density at radius 2 is 1.89 bits per heavy atom. The van der Waals surface area contributed by atoms with E-state index in [0.717, 1.165) is 26.0 Å². The standard InChI is InChI=1S/C17H27NO/c1-3-5-17-12-16(10-11-19-17)18-13-15-8-6-14(4-2)7-9-15/h6-9,16-18H,3-5,10-13H2,1-2H3. The maximum atomic E-state index is 5.79. The van der Waals surface area contributed by atoms with Crippen LogP contribution in [0.3, 0.4) is 0 Å². The molecule has 2 heteroatoms. The zero-order valence-electron chi connectivity index (χ0n) is 12.3. The van der Waals surface area contributed by atoms with Crippen LogP contribution in [-0.4, -0.2) is 18.8 Å². The van der Waals surface area contributed by atoms with Crippen LogP contribution in [0.5, 0.6) is 0 Å². The van der Waals surface area contributed by atoms with Gasteiger partial charge in [-0.15, -0.1) is 0 Å². The highest BCUT2D eigenvalue weighted by Gasteiger charge is 2.21. The Balaban J connectivity index is 1.77. The fraction of sp³-hybridized carbons (Fsp3) is 0.647. The van der Waals surface area contributed by atoms with Crippen LogP contribution in [0, 0.1) is 0 Å². The fourth-order valence-electron chi connectivity index (χ4n) is 2.74. The van der Waals surface area contributed by atoms with E-state index in [1.54, 1.807) is 0 Å². The van der Waals surface area contributed by atoms with Gasteiger partial charge in [-0.05, 0) is 36.8 Å². The van der Waals surface area contributed by atoms with Gasteiger partial charge >= 0.3 is 0 Å². The molecular formula is C17H27NO. The third-order valence-corrected chi connectivity index (χ3v) is 4.00. The van der Waals surface area contributed by atoms with Gasteiger partial charge in [-0.2, -0.15) is 0 Å². The van der Waals surface area contributed by atoms with E-state index in [1.807, 2.05) is 0 Å². The third kappa shape index (κ3) is 4.63. The lowest BCUT2D eigenvalue weighted by atomic mass is 10.00. The van der Waals surface area contributed by atoms with E-state index < -0.39 is 0 Å². The summed E-state index contributed by atoms with van der Waals surface area (Å²) in [6.45, 7) is 6.32. The lowest BCUT2D eigenvalue weighted by Gasteiger charge is -2.30. The van der Waals surface area contributed by atoms with Crippen LogP contribution in [0.25, 0.3) is 0 Å². The number of aryl methyl sites for hydroxylation is 1. The first kappa shape index (κ1) is 14.5. The maximum absolute atomic E-state index is 5.79. The Morgan fingerprint density at radius 1 is 1.16 bits per heavy atom. The Labute approximate surface area is 117 Å². The molecular weight excluding hydrogens is 234 g/mol. The Bertz CT molecular complexity index is 358. The van der Waals surface area contributed by atoms with E-state index in [0.29, 0.717) is 12.1 Å². The highest BCUT2D eigenvalue weighted by atomic mass is 16.5. The Kier molecular flexibility index (Phi) is 5.87. The minimum Gasteiger partial charge on any atom is -0.378 e. The first-order valence-electron chi connectivity index (χ1n) is 7.74. The minimum absolute atomic E-state index is 0.471. The number of benzene rings is 1. The summed E-state index contributed by atoms with van der Waals surface area (Å²) in [5.41, 5.74) is 2.80. The molecule has 0 amide bonds. The summed E-state index contributed by atoms with van der Waals surface area (Å²) in [7, 11) is 0. The molecule has 2 nitrogen and oxygen atoms in total. The van der Waals surface area contributed by atoms with Gasteiger partial charge in [-0.25, -0.2) is 0 Å². The molecule has 2 unspecified atom stereocenters. The smallest absolute Gasteiger partial charge is 0.0589 e. The Hall–Kier alpha value is -0.860. The molecule has 1 saturated heterocycles. The van der Waals surface area contributed by atoms with Crippen molar-refractivity contribution in [3.63, 3.8) is 0 Å². The molecule has 1 aliphatic heterocycles. The number of hydrogen-bond acceptors (Lipinski definition) is 2. The summed E-state index contributed by atoms with van der Waals surface area (Å²) in [5.74, 6) is 0. The van der Waals surface area contributed by atoms with Crippen molar-refractivity contribution in [1.82, 2.24) is 5.32 Å². The van der Waals surface area contributed by atoms with Gasteiger partial charge in [-0.3, -0.25) is 0 Å². The highest BCUT2D eigenvalue weighted by Crippen LogP contribution is 2.18. The van der Waals surface area contributed by atoms with E-state index in [2.05, 4.69) is 43.4 Å². The van der Waals surface area contributed by atoms with Crippen molar-refractivity contribution in [1.29, 1.82) is 0 Å². The van der Waals surface area contributed by atoms with Gasteiger partial charge in [0.1, 0.15) is 0 Å². The van der Waals surface area contributed by atoms with E-state index in [4.69, 9.17) is 4.74 Å². The van der Waals surface area contributed by atoms with E-state index in [9.17, 15) is 0 Å². The summed E-state index contributed by atoms with van der Waals surface area (Å²) >= 11 is 0. The van der Waals surface area contributed by atoms with Crippen LogP contribution in [-0.2, 0) is 17.7 Å². The number of nitrogens with one attached hydrogen (secondary N) is 1. The zero-order chi connectivity index (χ0) is 13.5. The molecule has 2 rings (SSSR count). The SMILES string of the molecule is CCCC1CC(NCc2ccc(CC)cc2)CCO1. The number of rotatable bonds is 6. The van der Waals surface area contributed by atoms with Gasteiger partial charge in [-0.1, -0.05) is 44.5 Å². The summed E-state index contributed by atoms with van der Waals surface area (Å²) in [4.78, 5) is 0. The predicted molar refractivity (Wildman–Crippen MR) is 80.3 cm³/mol. The average molecular weight is 261 g/mol. The number of ether oxygens (including phenoxy) is 1. The van der Waals surface area contributed by atoms with Gasteiger partial charge in [0.05, 0.1) is 6.10 Å². The molecule has 0 bridgehead atoms. The summed E-state index contributed by atoms with van der Waals surface area (Å²) in [6, 6.07) is 9.58. The maximum Gasteiger partial charge on any atom is 0.0589 e. The second kappa shape index (κ2) is 7.66. The van der Waals surface area contributed by atoms with Gasteiger partial charge in [0.2, 0.25) is 0 Å². The molecule has 0 aliphatic carbocycles. The molecule has 0 aromatic heterocycles. The van der Waals surface area contributed by atoms with Crippen molar-refractivity contribution < 1.29 is 4.74 Å². The Morgan fingerprint density at radius 3 is 2.58 bits per heavy atom. The van der Waals surface area contributed by atoms with Crippen LogP contribution in [0.4, 0.5) is 0 Å². The summed E-state index contributed by atoms with van der Waals surface area (Å²) in [6.07, 6.45) is 6.32. The highest BCUT2D eigenvalue weighted by molar-refractivity contribution is 5.22.